The first kappa shape index (κ1) is 25.4. The summed E-state index contributed by atoms with van der Waals surface area (Å²) in [5.41, 5.74) is 1.30. The Morgan fingerprint density at radius 2 is 1.33 bits per heavy atom. The first-order valence-corrected chi connectivity index (χ1v) is 12.5. The second-order valence-electron chi connectivity index (χ2n) is 9.73. The average Bonchev–Trinajstić information content (AvgIpc) is 3.45. The molecule has 178 valence electrons. The fourth-order valence-electron chi connectivity index (χ4n) is 5.61. The zero-order valence-electron chi connectivity index (χ0n) is 20.3. The molecular weight excluding hydrogens is 414 g/mol. The number of hydrogen-bond donors (Lipinski definition) is 0. The van der Waals surface area contributed by atoms with Gasteiger partial charge in [0.1, 0.15) is 11.3 Å². The topological polar surface area (TPSA) is 27.0 Å². The van der Waals surface area contributed by atoms with E-state index in [9.17, 15) is 0 Å². The summed E-state index contributed by atoms with van der Waals surface area (Å²) < 4.78 is 31.7. The molecule has 0 saturated heterocycles. The molecule has 0 N–H and O–H groups in total. The Hall–Kier alpha value is -2.25. The lowest BCUT2D eigenvalue weighted by molar-refractivity contribution is 0.162. The number of halogens is 2. The normalized spacial score (nSPS) is 18.5. The van der Waals surface area contributed by atoms with Gasteiger partial charge in [0.15, 0.2) is 0 Å². The summed E-state index contributed by atoms with van der Waals surface area (Å²) in [6.45, 7) is 3.25. The van der Waals surface area contributed by atoms with E-state index in [-0.39, 0.29) is 0 Å². The maximum atomic E-state index is 15.8. The smallest absolute Gasteiger partial charge is 0.136 e. The van der Waals surface area contributed by atoms with Gasteiger partial charge >= 0.3 is 0 Å². The van der Waals surface area contributed by atoms with Crippen molar-refractivity contribution in [3.8, 4) is 6.07 Å². The molecule has 2 aromatic rings. The molecule has 2 saturated carbocycles. The minimum absolute atomic E-state index is 0.580. The molecular formula is C29H38F2N2. The van der Waals surface area contributed by atoms with Crippen LogP contribution < -0.4 is 0 Å². The highest BCUT2D eigenvalue weighted by molar-refractivity contribution is 5.43. The molecule has 0 heterocycles. The van der Waals surface area contributed by atoms with Crippen LogP contribution in [0.25, 0.3) is 0 Å². The van der Waals surface area contributed by atoms with Crippen LogP contribution in [0.4, 0.5) is 8.78 Å². The predicted molar refractivity (Wildman–Crippen MR) is 131 cm³/mol. The minimum Gasteiger partial charge on any atom is -0.302 e. The van der Waals surface area contributed by atoms with Crippen molar-refractivity contribution in [3.63, 3.8) is 0 Å². The summed E-state index contributed by atoms with van der Waals surface area (Å²) in [5.74, 6) is 0. The van der Waals surface area contributed by atoms with Crippen molar-refractivity contribution in [2.24, 2.45) is 0 Å². The SMILES string of the molecule is CC#N.CN(CCCc1c(C2(F)CCCC2)cccc1C1(F)CCCC1)Cc1ccccc1. The predicted octanol–water partition coefficient (Wildman–Crippen LogP) is 7.76. The average molecular weight is 453 g/mol. The van der Waals surface area contributed by atoms with Crippen molar-refractivity contribution in [3.05, 3.63) is 70.8 Å². The maximum Gasteiger partial charge on any atom is 0.136 e. The van der Waals surface area contributed by atoms with Gasteiger partial charge in [0.25, 0.3) is 0 Å². The second kappa shape index (κ2) is 11.7. The summed E-state index contributed by atoms with van der Waals surface area (Å²) in [7, 11) is 2.13. The molecule has 0 aromatic heterocycles. The van der Waals surface area contributed by atoms with E-state index in [1.54, 1.807) is 6.07 Å². The van der Waals surface area contributed by atoms with E-state index >= 15 is 8.78 Å². The molecule has 0 aliphatic heterocycles. The quantitative estimate of drug-likeness (QED) is 0.409. The molecule has 2 fully saturated rings. The monoisotopic (exact) mass is 452 g/mol. The van der Waals surface area contributed by atoms with E-state index in [1.807, 2.05) is 24.3 Å². The second-order valence-corrected chi connectivity index (χ2v) is 9.73. The zero-order chi connectivity index (χ0) is 23.7. The van der Waals surface area contributed by atoms with E-state index in [0.29, 0.717) is 25.7 Å². The van der Waals surface area contributed by atoms with Crippen LogP contribution in [0.15, 0.2) is 48.5 Å². The standard InChI is InChI=1S/C27H35F2N.C2H3N/c1-30(21-22-11-3-2-4-12-22)20-10-13-23-24(26(28)16-5-6-17-26)14-9-15-25(23)27(29)18-7-8-19-27;1-2-3/h2-4,9,11-12,14-15H,5-8,10,13,16-21H2,1H3;1H3. The van der Waals surface area contributed by atoms with Crippen molar-refractivity contribution in [2.45, 2.75) is 89.0 Å². The van der Waals surface area contributed by atoms with Crippen LogP contribution in [0.3, 0.4) is 0 Å². The van der Waals surface area contributed by atoms with E-state index < -0.39 is 11.3 Å². The first-order chi connectivity index (χ1) is 15.9. The molecule has 0 spiro atoms. The molecule has 0 radical (unpaired) electrons. The van der Waals surface area contributed by atoms with Crippen LogP contribution in [0, 0.1) is 11.3 Å². The van der Waals surface area contributed by atoms with Crippen molar-refractivity contribution in [1.82, 2.24) is 4.90 Å². The number of hydrogen-bond acceptors (Lipinski definition) is 2. The van der Waals surface area contributed by atoms with Crippen LogP contribution in [0.5, 0.6) is 0 Å². The fraction of sp³-hybridized carbons (Fsp3) is 0.552. The Morgan fingerprint density at radius 1 is 0.848 bits per heavy atom. The third-order valence-corrected chi connectivity index (χ3v) is 7.20. The van der Waals surface area contributed by atoms with Gasteiger partial charge in [0.2, 0.25) is 0 Å². The van der Waals surface area contributed by atoms with Gasteiger partial charge in [0.05, 0.1) is 6.07 Å². The highest BCUT2D eigenvalue weighted by Gasteiger charge is 2.42. The summed E-state index contributed by atoms with van der Waals surface area (Å²) in [6, 6.07) is 18.0. The number of nitrogens with zero attached hydrogens (tertiary/aromatic N) is 2. The van der Waals surface area contributed by atoms with E-state index in [2.05, 4.69) is 36.2 Å². The van der Waals surface area contributed by atoms with Gasteiger partial charge in [-0.1, -0.05) is 48.5 Å². The molecule has 2 aliphatic carbocycles. The Kier molecular flexibility index (Phi) is 9.03. The Morgan fingerprint density at radius 3 is 1.82 bits per heavy atom. The summed E-state index contributed by atoms with van der Waals surface area (Å²) in [5, 5.41) is 7.32. The summed E-state index contributed by atoms with van der Waals surface area (Å²) >= 11 is 0. The van der Waals surface area contributed by atoms with Gasteiger partial charge in [0, 0.05) is 13.5 Å². The fourth-order valence-corrected chi connectivity index (χ4v) is 5.61. The summed E-state index contributed by atoms with van der Waals surface area (Å²) in [4.78, 5) is 2.30. The van der Waals surface area contributed by atoms with Crippen LogP contribution >= 0.6 is 0 Å². The molecule has 33 heavy (non-hydrogen) atoms. The molecule has 4 heteroatoms. The van der Waals surface area contributed by atoms with Crippen molar-refractivity contribution < 1.29 is 8.78 Å². The van der Waals surface area contributed by atoms with Crippen LogP contribution in [0.2, 0.25) is 0 Å². The number of alkyl halides is 2. The van der Waals surface area contributed by atoms with Gasteiger partial charge in [-0.2, -0.15) is 5.26 Å². The number of rotatable bonds is 8. The summed E-state index contributed by atoms with van der Waals surface area (Å²) in [6.07, 6.45) is 7.71. The van der Waals surface area contributed by atoms with Gasteiger partial charge in [-0.05, 0) is 100 Å². The van der Waals surface area contributed by atoms with Gasteiger partial charge in [-0.15, -0.1) is 0 Å². The maximum absolute atomic E-state index is 15.8. The van der Waals surface area contributed by atoms with Crippen LogP contribution in [0.1, 0.15) is 87.0 Å². The van der Waals surface area contributed by atoms with Gasteiger partial charge in [-0.3, -0.25) is 0 Å². The van der Waals surface area contributed by atoms with Gasteiger partial charge < -0.3 is 4.90 Å². The molecule has 4 rings (SSSR count). The lowest BCUT2D eigenvalue weighted by atomic mass is 9.80. The Bertz CT molecular complexity index is 867. The molecule has 2 aliphatic rings. The minimum atomic E-state index is -1.27. The largest absolute Gasteiger partial charge is 0.302 e. The van der Waals surface area contributed by atoms with Crippen molar-refractivity contribution in [1.29, 1.82) is 5.26 Å². The Labute approximate surface area is 198 Å². The van der Waals surface area contributed by atoms with Crippen molar-refractivity contribution in [2.75, 3.05) is 13.6 Å². The lowest BCUT2D eigenvalue weighted by Crippen LogP contribution is -2.25. The highest BCUT2D eigenvalue weighted by Crippen LogP contribution is 2.49. The third kappa shape index (κ3) is 6.42. The van der Waals surface area contributed by atoms with E-state index in [1.165, 1.54) is 12.5 Å². The van der Waals surface area contributed by atoms with Crippen LogP contribution in [-0.2, 0) is 24.3 Å². The zero-order valence-corrected chi connectivity index (χ0v) is 20.3. The Balaban J connectivity index is 0.000000968. The van der Waals surface area contributed by atoms with Crippen molar-refractivity contribution >= 4 is 0 Å². The molecule has 0 amide bonds. The molecule has 2 nitrogen and oxygen atoms in total. The van der Waals surface area contributed by atoms with Gasteiger partial charge in [-0.25, -0.2) is 8.78 Å². The highest BCUT2D eigenvalue weighted by atomic mass is 19.1. The molecule has 2 aromatic carbocycles. The molecule has 0 bridgehead atoms. The van der Waals surface area contributed by atoms with E-state index in [4.69, 9.17) is 5.26 Å². The first-order valence-electron chi connectivity index (χ1n) is 12.5. The van der Waals surface area contributed by atoms with Crippen LogP contribution in [-0.4, -0.2) is 18.5 Å². The third-order valence-electron chi connectivity index (χ3n) is 7.20. The molecule has 0 unspecified atom stereocenters. The number of benzene rings is 2. The molecule has 0 atom stereocenters. The number of nitriles is 1. The van der Waals surface area contributed by atoms with E-state index in [0.717, 1.165) is 68.3 Å². The lowest BCUT2D eigenvalue weighted by Gasteiger charge is -2.30.